The number of unbranched alkanes of at least 4 members (excludes halogenated alkanes) is 11. The van der Waals surface area contributed by atoms with Crippen LogP contribution in [-0.2, 0) is 4.79 Å². The number of nitrogens with one attached hydrogen (secondary N) is 1. The zero-order valence-electron chi connectivity index (χ0n) is 19.3. The summed E-state index contributed by atoms with van der Waals surface area (Å²) in [5, 5.41) is 9.76. The van der Waals surface area contributed by atoms with Crippen LogP contribution in [0.25, 0.3) is 0 Å². The van der Waals surface area contributed by atoms with E-state index >= 15 is 0 Å². The van der Waals surface area contributed by atoms with Gasteiger partial charge in [0.1, 0.15) is 0 Å². The zero-order valence-corrected chi connectivity index (χ0v) is 19.3. The Balaban J connectivity index is 0. The molecule has 0 bridgehead atoms. The molecule has 3 nitrogen and oxygen atoms in total. The fourth-order valence-corrected chi connectivity index (χ4v) is 3.30. The molecule has 0 spiro atoms. The minimum absolute atomic E-state index is 0.216. The minimum atomic E-state index is -0.932. The van der Waals surface area contributed by atoms with E-state index in [0.717, 1.165) is 19.3 Å². The highest BCUT2D eigenvalue weighted by atomic mass is 16.4. The topological polar surface area (TPSA) is 44.6 Å². The number of carboxylic acid groups (broad SMARTS) is 1. The normalized spacial score (nSPS) is 10.7. The maximum Gasteiger partial charge on any atom is 0.0770 e. The summed E-state index contributed by atoms with van der Waals surface area (Å²) >= 11 is 0. The van der Waals surface area contributed by atoms with Gasteiger partial charge in [-0.3, -0.25) is 0 Å². The Morgan fingerprint density at radius 2 is 0.889 bits per heavy atom. The second-order valence-electron chi connectivity index (χ2n) is 8.01. The van der Waals surface area contributed by atoms with E-state index in [4.69, 9.17) is 0 Å². The predicted molar refractivity (Wildman–Crippen MR) is 117 cm³/mol. The summed E-state index contributed by atoms with van der Waals surface area (Å²) in [6, 6.07) is 0. The van der Waals surface area contributed by atoms with Crippen molar-refractivity contribution in [2.45, 2.75) is 130 Å². The van der Waals surface area contributed by atoms with Gasteiger partial charge in [0.2, 0.25) is 0 Å². The summed E-state index contributed by atoms with van der Waals surface area (Å²) in [6.07, 6.45) is 20.1. The lowest BCUT2D eigenvalue weighted by molar-refractivity contribution is -0.900. The Morgan fingerprint density at radius 1 is 0.556 bits per heavy atom. The number of carboxylic acids is 1. The largest absolute Gasteiger partial charge is 0.550 e. The van der Waals surface area contributed by atoms with Gasteiger partial charge in [-0.05, 0) is 51.4 Å². The van der Waals surface area contributed by atoms with E-state index in [1.807, 2.05) is 11.8 Å². The molecule has 0 aromatic heterocycles. The molecular formula is C24H51NO2. The SMILES string of the molecule is CCCCCC(=O)[O-].CCCCCC[NH+](CCCCCC)CCCCCC. The van der Waals surface area contributed by atoms with Crippen LogP contribution in [0.5, 0.6) is 0 Å². The Labute approximate surface area is 171 Å². The van der Waals surface area contributed by atoms with Crippen LogP contribution in [0.3, 0.4) is 0 Å². The van der Waals surface area contributed by atoms with Crippen molar-refractivity contribution >= 4 is 5.97 Å². The van der Waals surface area contributed by atoms with Crippen LogP contribution < -0.4 is 10.0 Å². The molecule has 0 rings (SSSR count). The Bertz CT molecular complexity index is 253. The maximum atomic E-state index is 9.76. The van der Waals surface area contributed by atoms with E-state index in [1.54, 1.807) is 0 Å². The highest BCUT2D eigenvalue weighted by molar-refractivity contribution is 5.63. The number of hydrogen-bond acceptors (Lipinski definition) is 2. The van der Waals surface area contributed by atoms with Gasteiger partial charge >= 0.3 is 0 Å². The van der Waals surface area contributed by atoms with Crippen molar-refractivity contribution in [1.29, 1.82) is 0 Å². The quantitative estimate of drug-likeness (QED) is 0.320. The first-order valence-electron chi connectivity index (χ1n) is 12.2. The van der Waals surface area contributed by atoms with Gasteiger partial charge in [0.25, 0.3) is 0 Å². The average Bonchev–Trinajstić information content (AvgIpc) is 2.65. The number of rotatable bonds is 19. The van der Waals surface area contributed by atoms with E-state index < -0.39 is 5.97 Å². The fourth-order valence-electron chi connectivity index (χ4n) is 3.30. The first kappa shape index (κ1) is 28.6. The van der Waals surface area contributed by atoms with E-state index in [1.165, 1.54) is 96.7 Å². The molecule has 0 aliphatic rings. The number of hydrogen-bond donors (Lipinski definition) is 1. The molecule has 0 radical (unpaired) electrons. The summed E-state index contributed by atoms with van der Waals surface area (Å²) in [5.74, 6) is -0.932. The van der Waals surface area contributed by atoms with E-state index in [-0.39, 0.29) is 6.42 Å². The van der Waals surface area contributed by atoms with Gasteiger partial charge in [-0.15, -0.1) is 0 Å². The molecule has 0 aliphatic heterocycles. The van der Waals surface area contributed by atoms with Crippen LogP contribution in [0.1, 0.15) is 130 Å². The molecule has 3 heteroatoms. The molecule has 0 amide bonds. The van der Waals surface area contributed by atoms with Crippen molar-refractivity contribution in [3.63, 3.8) is 0 Å². The summed E-state index contributed by atoms with van der Waals surface area (Å²) in [6.45, 7) is 13.2. The van der Waals surface area contributed by atoms with Gasteiger partial charge in [-0.1, -0.05) is 79.1 Å². The molecule has 27 heavy (non-hydrogen) atoms. The molecule has 1 N–H and O–H groups in total. The highest BCUT2D eigenvalue weighted by Gasteiger charge is 2.07. The van der Waals surface area contributed by atoms with Crippen molar-refractivity contribution in [1.82, 2.24) is 0 Å². The van der Waals surface area contributed by atoms with Crippen LogP contribution in [0.15, 0.2) is 0 Å². The third-order valence-electron chi connectivity index (χ3n) is 5.14. The molecular weight excluding hydrogens is 334 g/mol. The third-order valence-corrected chi connectivity index (χ3v) is 5.14. The summed E-state index contributed by atoms with van der Waals surface area (Å²) in [5.41, 5.74) is 0. The Hall–Kier alpha value is -0.570. The lowest BCUT2D eigenvalue weighted by Crippen LogP contribution is -3.12. The van der Waals surface area contributed by atoms with E-state index in [2.05, 4.69) is 20.8 Å². The van der Waals surface area contributed by atoms with Crippen molar-refractivity contribution in [3.8, 4) is 0 Å². The lowest BCUT2D eigenvalue weighted by atomic mass is 10.1. The van der Waals surface area contributed by atoms with Crippen LogP contribution in [0, 0.1) is 0 Å². The number of quaternary nitrogens is 1. The van der Waals surface area contributed by atoms with Crippen LogP contribution in [-0.4, -0.2) is 25.6 Å². The first-order chi connectivity index (χ1) is 13.1. The van der Waals surface area contributed by atoms with Crippen molar-refractivity contribution in [3.05, 3.63) is 0 Å². The molecule has 0 aromatic rings. The van der Waals surface area contributed by atoms with Gasteiger partial charge in [-0.25, -0.2) is 0 Å². The predicted octanol–water partition coefficient (Wildman–Crippen LogP) is 4.93. The summed E-state index contributed by atoms with van der Waals surface area (Å²) in [4.78, 5) is 11.7. The zero-order chi connectivity index (χ0) is 20.6. The standard InChI is InChI=1S/C18H39N.C6H12O2/c1-4-7-10-13-16-19(17-14-11-8-5-2)18-15-12-9-6-3;1-2-3-4-5-6(7)8/h4-18H2,1-3H3;2-5H2,1H3,(H,7,8). The highest BCUT2D eigenvalue weighted by Crippen LogP contribution is 1.99. The molecule has 0 saturated heterocycles. The lowest BCUT2D eigenvalue weighted by Gasteiger charge is -2.19. The van der Waals surface area contributed by atoms with Crippen LogP contribution >= 0.6 is 0 Å². The van der Waals surface area contributed by atoms with Crippen LogP contribution in [0.4, 0.5) is 0 Å². The molecule has 0 atom stereocenters. The monoisotopic (exact) mass is 385 g/mol. The van der Waals surface area contributed by atoms with Crippen molar-refractivity contribution < 1.29 is 14.8 Å². The first-order valence-corrected chi connectivity index (χ1v) is 12.2. The van der Waals surface area contributed by atoms with Crippen LogP contribution in [0.2, 0.25) is 0 Å². The summed E-state index contributed by atoms with van der Waals surface area (Å²) in [7, 11) is 0. The van der Waals surface area contributed by atoms with E-state index in [9.17, 15) is 9.90 Å². The molecule has 0 heterocycles. The summed E-state index contributed by atoms with van der Waals surface area (Å²) < 4.78 is 0. The average molecular weight is 386 g/mol. The van der Waals surface area contributed by atoms with Gasteiger partial charge in [-0.2, -0.15) is 0 Å². The number of carbonyl (C=O) groups excluding carboxylic acids is 1. The molecule has 0 aliphatic carbocycles. The third kappa shape index (κ3) is 27.7. The number of aliphatic carboxylic acids is 1. The second kappa shape index (κ2) is 25.4. The second-order valence-corrected chi connectivity index (χ2v) is 8.01. The van der Waals surface area contributed by atoms with Gasteiger partial charge in [0.05, 0.1) is 19.6 Å². The Morgan fingerprint density at radius 3 is 1.19 bits per heavy atom. The minimum Gasteiger partial charge on any atom is -0.550 e. The van der Waals surface area contributed by atoms with Crippen molar-refractivity contribution in [2.75, 3.05) is 19.6 Å². The molecule has 0 unspecified atom stereocenters. The van der Waals surface area contributed by atoms with Gasteiger partial charge < -0.3 is 14.8 Å². The molecule has 0 aromatic carbocycles. The van der Waals surface area contributed by atoms with Crippen molar-refractivity contribution in [2.24, 2.45) is 0 Å². The fraction of sp³-hybridized carbons (Fsp3) is 0.958. The van der Waals surface area contributed by atoms with E-state index in [0.29, 0.717) is 0 Å². The number of carbonyl (C=O) groups is 1. The Kier molecular flexibility index (Phi) is 27.0. The molecule has 164 valence electrons. The maximum absolute atomic E-state index is 9.76. The van der Waals surface area contributed by atoms with Gasteiger partial charge in [0, 0.05) is 5.97 Å². The molecule has 0 fully saturated rings. The molecule has 0 saturated carbocycles. The smallest absolute Gasteiger partial charge is 0.0770 e. The van der Waals surface area contributed by atoms with Gasteiger partial charge in [0.15, 0.2) is 0 Å².